The molecule has 3 heterocycles. The van der Waals surface area contributed by atoms with Gasteiger partial charge in [-0.25, -0.2) is 14.8 Å². The number of ether oxygens (including phenoxy) is 3. The molecule has 7 N–H and O–H groups in total. The van der Waals surface area contributed by atoms with Gasteiger partial charge in [0.15, 0.2) is 17.7 Å². The molecule has 0 aromatic carbocycles. The molecule has 1 saturated carbocycles. The van der Waals surface area contributed by atoms with E-state index in [0.717, 1.165) is 38.5 Å². The van der Waals surface area contributed by atoms with E-state index in [1.807, 2.05) is 22.9 Å². The molecule has 15 heteroatoms. The summed E-state index contributed by atoms with van der Waals surface area (Å²) in [7, 11) is 0. The predicted octanol–water partition coefficient (Wildman–Crippen LogP) is 1.36. The maximum absolute atomic E-state index is 12.6. The number of anilines is 3. The van der Waals surface area contributed by atoms with E-state index in [0.29, 0.717) is 50.1 Å². The first-order valence-electron chi connectivity index (χ1n) is 14.3. The van der Waals surface area contributed by atoms with Crippen LogP contribution in [0, 0.1) is 17.8 Å². The highest BCUT2D eigenvalue weighted by atomic mass is 127. The van der Waals surface area contributed by atoms with Crippen molar-refractivity contribution in [3.8, 4) is 11.8 Å². The maximum atomic E-state index is 12.6. The molecule has 2 saturated heterocycles. The van der Waals surface area contributed by atoms with E-state index in [1.165, 1.54) is 0 Å². The van der Waals surface area contributed by atoms with Crippen LogP contribution in [-0.4, -0.2) is 101 Å². The molecule has 2 amide bonds. The monoisotopic (exact) mass is 701 g/mol. The van der Waals surface area contributed by atoms with Gasteiger partial charge < -0.3 is 49.2 Å². The molecule has 14 nitrogen and oxygen atoms in total. The number of aromatic nitrogens is 2. The zero-order valence-corrected chi connectivity index (χ0v) is 25.8. The first kappa shape index (κ1) is 32.3. The Bertz CT molecular complexity index is 1130. The van der Waals surface area contributed by atoms with Crippen molar-refractivity contribution in [3.05, 3.63) is 5.82 Å². The van der Waals surface area contributed by atoms with Crippen LogP contribution in [0.3, 0.4) is 0 Å². The topological polar surface area (TPSA) is 193 Å². The molecule has 3 atom stereocenters. The van der Waals surface area contributed by atoms with E-state index >= 15 is 0 Å². The number of amides is 2. The minimum Gasteiger partial charge on any atom is -0.446 e. The van der Waals surface area contributed by atoms with Crippen molar-refractivity contribution in [1.82, 2.24) is 20.2 Å². The van der Waals surface area contributed by atoms with E-state index < -0.39 is 30.9 Å². The number of nitrogens with two attached hydrogens (primary N) is 1. The Hall–Kier alpha value is -2.65. The molecular weight excluding hydrogens is 661 g/mol. The number of nitrogen functional groups attached to an aromatic ring is 1. The average molecular weight is 702 g/mol. The number of hydrogen-bond acceptors (Lipinski definition) is 12. The Kier molecular flexibility index (Phi) is 12.1. The molecule has 0 spiro atoms. The average Bonchev–Trinajstić information content (AvgIpc) is 3.80. The van der Waals surface area contributed by atoms with Gasteiger partial charge in [-0.05, 0) is 44.4 Å². The SMILES string of the molecule is CC(Nc1nc(C#CCC2CCN(C(=O)OC3CCOCC3)CC2)nc(N)c1NI)O[C@H](C(=O)NC1CC1)C(O)CO. The molecule has 1 aromatic rings. The zero-order valence-electron chi connectivity index (χ0n) is 23.7. The van der Waals surface area contributed by atoms with Crippen molar-refractivity contribution in [1.29, 1.82) is 0 Å². The Morgan fingerprint density at radius 2 is 1.90 bits per heavy atom. The second-order valence-electron chi connectivity index (χ2n) is 10.8. The van der Waals surface area contributed by atoms with Gasteiger partial charge in [0.25, 0.3) is 5.91 Å². The van der Waals surface area contributed by atoms with Crippen molar-refractivity contribution in [2.24, 2.45) is 5.92 Å². The first-order chi connectivity index (χ1) is 20.3. The standard InChI is InChI=1S/C27H40IN7O7/c1-16(41-23(20(37)15-36)26(38)31-18-5-6-18)30-25-22(34-28)24(29)32-21(33-25)4-2-3-17-7-11-35(12-8-17)27(39)42-19-9-13-40-14-10-19/h16-20,23,34,36-37H,3,5-15H2,1H3,(H,31,38)(H3,29,30,32,33)/t16?,20?,23-/m0/s1. The molecule has 2 aliphatic heterocycles. The van der Waals surface area contributed by atoms with Gasteiger partial charge in [0.05, 0.1) is 42.7 Å². The van der Waals surface area contributed by atoms with Crippen molar-refractivity contribution in [2.75, 3.05) is 47.5 Å². The van der Waals surface area contributed by atoms with E-state index in [-0.39, 0.29) is 29.9 Å². The van der Waals surface area contributed by atoms with Crippen LogP contribution in [0.25, 0.3) is 0 Å². The molecule has 232 valence electrons. The third kappa shape index (κ3) is 9.43. The smallest absolute Gasteiger partial charge is 0.410 e. The van der Waals surface area contributed by atoms with Gasteiger partial charge in [0.1, 0.15) is 24.1 Å². The van der Waals surface area contributed by atoms with E-state index in [9.17, 15) is 19.8 Å². The highest BCUT2D eigenvalue weighted by Gasteiger charge is 2.33. The second kappa shape index (κ2) is 15.7. The molecule has 3 fully saturated rings. The van der Waals surface area contributed by atoms with Crippen LogP contribution in [0.5, 0.6) is 0 Å². The minimum atomic E-state index is -1.39. The fourth-order valence-electron chi connectivity index (χ4n) is 4.72. The number of nitrogens with one attached hydrogen (secondary N) is 3. The summed E-state index contributed by atoms with van der Waals surface area (Å²) in [5.41, 5.74) is 6.57. The fraction of sp³-hybridized carbons (Fsp3) is 0.704. The van der Waals surface area contributed by atoms with Crippen LogP contribution in [0.15, 0.2) is 0 Å². The fourth-order valence-corrected chi connectivity index (χ4v) is 5.25. The largest absolute Gasteiger partial charge is 0.446 e. The van der Waals surface area contributed by atoms with Gasteiger partial charge >= 0.3 is 6.09 Å². The number of hydrogen-bond donors (Lipinski definition) is 6. The van der Waals surface area contributed by atoms with Gasteiger partial charge in [0, 0.05) is 38.4 Å². The lowest BCUT2D eigenvalue weighted by atomic mass is 9.94. The molecule has 4 rings (SSSR count). The van der Waals surface area contributed by atoms with Crippen molar-refractivity contribution in [3.63, 3.8) is 0 Å². The lowest BCUT2D eigenvalue weighted by Gasteiger charge is -2.32. The molecule has 0 radical (unpaired) electrons. The van der Waals surface area contributed by atoms with Gasteiger partial charge in [-0.15, -0.1) is 0 Å². The lowest BCUT2D eigenvalue weighted by Crippen LogP contribution is -2.48. The van der Waals surface area contributed by atoms with Crippen molar-refractivity contribution in [2.45, 2.75) is 82.5 Å². The quantitative estimate of drug-likeness (QED) is 0.0842. The number of carbonyl (C=O) groups is 2. The van der Waals surface area contributed by atoms with E-state index in [4.69, 9.17) is 19.9 Å². The lowest BCUT2D eigenvalue weighted by molar-refractivity contribution is -0.147. The van der Waals surface area contributed by atoms with Crippen LogP contribution in [0.2, 0.25) is 0 Å². The Labute approximate surface area is 259 Å². The summed E-state index contributed by atoms with van der Waals surface area (Å²) in [5, 5.41) is 25.4. The minimum absolute atomic E-state index is 0.0645. The van der Waals surface area contributed by atoms with Crippen molar-refractivity contribution >= 4 is 52.2 Å². The van der Waals surface area contributed by atoms with Crippen LogP contribution < -0.4 is 19.9 Å². The zero-order chi connectivity index (χ0) is 30.1. The van der Waals surface area contributed by atoms with E-state index in [2.05, 4.69) is 36.0 Å². The van der Waals surface area contributed by atoms with Crippen LogP contribution >= 0.6 is 22.9 Å². The number of aliphatic hydroxyl groups is 2. The normalized spacial score (nSPS) is 20.0. The number of halogens is 1. The van der Waals surface area contributed by atoms with Crippen LogP contribution in [-0.2, 0) is 19.0 Å². The van der Waals surface area contributed by atoms with Gasteiger partial charge in [-0.3, -0.25) is 4.79 Å². The van der Waals surface area contributed by atoms with Gasteiger partial charge in [0.2, 0.25) is 5.82 Å². The number of nitrogens with zero attached hydrogens (tertiary/aromatic N) is 3. The molecule has 1 aliphatic carbocycles. The highest BCUT2D eigenvalue weighted by Crippen LogP contribution is 2.28. The number of rotatable bonds is 11. The van der Waals surface area contributed by atoms with Crippen LogP contribution in [0.4, 0.5) is 22.1 Å². The highest BCUT2D eigenvalue weighted by molar-refractivity contribution is 14.1. The Morgan fingerprint density at radius 3 is 2.55 bits per heavy atom. The Morgan fingerprint density at radius 1 is 1.19 bits per heavy atom. The molecule has 0 bridgehead atoms. The van der Waals surface area contributed by atoms with Gasteiger partial charge in [-0.2, -0.15) is 0 Å². The molecule has 1 aromatic heterocycles. The number of carbonyl (C=O) groups excluding carboxylic acids is 2. The summed E-state index contributed by atoms with van der Waals surface area (Å²) < 4.78 is 19.6. The third-order valence-corrected chi connectivity index (χ3v) is 7.88. The molecule has 3 aliphatic rings. The molecular formula is C27H40IN7O7. The number of likely N-dealkylation sites (tertiary alicyclic amines) is 1. The maximum Gasteiger partial charge on any atom is 0.410 e. The summed E-state index contributed by atoms with van der Waals surface area (Å²) in [6.45, 7) is 3.53. The van der Waals surface area contributed by atoms with Crippen LogP contribution in [0.1, 0.15) is 57.7 Å². The third-order valence-electron chi connectivity index (χ3n) is 7.34. The summed E-state index contributed by atoms with van der Waals surface area (Å²) in [4.78, 5) is 35.6. The summed E-state index contributed by atoms with van der Waals surface area (Å²) in [5.74, 6) is 6.67. The predicted molar refractivity (Wildman–Crippen MR) is 162 cm³/mol. The summed E-state index contributed by atoms with van der Waals surface area (Å²) in [6.07, 6.45) is 1.75. The van der Waals surface area contributed by atoms with E-state index in [1.54, 1.807) is 11.8 Å². The first-order valence-corrected chi connectivity index (χ1v) is 15.4. The van der Waals surface area contributed by atoms with Gasteiger partial charge in [-0.1, -0.05) is 5.92 Å². The molecule has 42 heavy (non-hydrogen) atoms. The summed E-state index contributed by atoms with van der Waals surface area (Å²) >= 11 is 1.91. The summed E-state index contributed by atoms with van der Waals surface area (Å²) in [6, 6.07) is 0.0709. The Balaban J connectivity index is 1.31. The number of piperidine rings is 1. The van der Waals surface area contributed by atoms with Crippen molar-refractivity contribution < 1.29 is 34.0 Å². The second-order valence-corrected chi connectivity index (χ2v) is 11.3. The molecule has 2 unspecified atom stereocenters. The number of aliphatic hydroxyl groups excluding tert-OH is 2.